The summed E-state index contributed by atoms with van der Waals surface area (Å²) in [5, 5.41) is 26.9. The highest BCUT2D eigenvalue weighted by atomic mass is 32.2. The second kappa shape index (κ2) is 9.69. The van der Waals surface area contributed by atoms with E-state index in [1.165, 1.54) is 53.4 Å². The number of sulfonamides is 1. The topological polar surface area (TPSA) is 150 Å². The van der Waals surface area contributed by atoms with Gasteiger partial charge in [0.2, 0.25) is 15.9 Å². The highest BCUT2D eigenvalue weighted by molar-refractivity contribution is 8.26. The molecule has 3 rings (SSSR count). The van der Waals surface area contributed by atoms with Gasteiger partial charge in [-0.25, -0.2) is 13.6 Å². The van der Waals surface area contributed by atoms with Crippen LogP contribution in [0.5, 0.6) is 11.5 Å². The maximum absolute atomic E-state index is 12.6. The fourth-order valence-corrected chi connectivity index (χ4v) is 4.65. The monoisotopic (exact) mass is 493 g/mol. The van der Waals surface area contributed by atoms with Crippen molar-refractivity contribution in [3.05, 3.63) is 52.9 Å². The number of carbonyl (C=O) groups is 2. The van der Waals surface area contributed by atoms with E-state index < -0.39 is 10.0 Å². The number of carbonyl (C=O) groups excluding carboxylic acids is 2. The molecule has 0 saturated carbocycles. The van der Waals surface area contributed by atoms with Crippen molar-refractivity contribution in [3.63, 3.8) is 0 Å². The van der Waals surface area contributed by atoms with E-state index in [1.807, 2.05) is 0 Å². The molecule has 0 bridgehead atoms. The van der Waals surface area contributed by atoms with Crippen LogP contribution in [0.3, 0.4) is 0 Å². The lowest BCUT2D eigenvalue weighted by atomic mass is 10.1. The Labute approximate surface area is 194 Å². The van der Waals surface area contributed by atoms with Gasteiger partial charge in [0.05, 0.1) is 9.80 Å². The number of thiocarbonyl (C=S) groups is 1. The molecule has 1 aliphatic rings. The first-order valence-corrected chi connectivity index (χ1v) is 12.0. The summed E-state index contributed by atoms with van der Waals surface area (Å²) >= 11 is 6.35. The molecule has 32 heavy (non-hydrogen) atoms. The molecule has 0 aromatic heterocycles. The molecule has 1 saturated heterocycles. The number of nitrogens with one attached hydrogen (secondary N) is 1. The Morgan fingerprint density at radius 1 is 1.19 bits per heavy atom. The van der Waals surface area contributed by atoms with Crippen molar-refractivity contribution in [2.45, 2.75) is 17.7 Å². The van der Waals surface area contributed by atoms with Crippen molar-refractivity contribution < 1.29 is 28.2 Å². The Kier molecular flexibility index (Phi) is 7.19. The number of nitrogens with zero attached hydrogens (tertiary/aromatic N) is 1. The lowest BCUT2D eigenvalue weighted by molar-refractivity contribution is -0.122. The highest BCUT2D eigenvalue weighted by Crippen LogP contribution is 2.35. The van der Waals surface area contributed by atoms with Crippen molar-refractivity contribution in [3.8, 4) is 11.5 Å². The van der Waals surface area contributed by atoms with Crippen LogP contribution >= 0.6 is 24.0 Å². The molecule has 2 aromatic rings. The lowest BCUT2D eigenvalue weighted by Gasteiger charge is -2.14. The normalized spacial score (nSPS) is 15.4. The third-order valence-corrected chi connectivity index (χ3v) is 6.73. The number of hydrogen-bond acceptors (Lipinski definition) is 8. The quantitative estimate of drug-likeness (QED) is 0.339. The lowest BCUT2D eigenvalue weighted by Crippen LogP contribution is -2.29. The van der Waals surface area contributed by atoms with Gasteiger partial charge < -0.3 is 15.5 Å². The Bertz CT molecular complexity index is 1210. The van der Waals surface area contributed by atoms with Gasteiger partial charge in [-0.2, -0.15) is 0 Å². The average Bonchev–Trinajstić information content (AvgIpc) is 2.97. The molecule has 5 N–H and O–H groups in total. The standard InChI is InChI=1S/C20H19N3O6S3/c21-32(28,29)15-7-4-13(5-8-15)22-18(26)2-1-9-23-19(27)17(31-20(23)30)10-12-3-6-14(24)11-16(12)25/h3-8,10-11,24-25H,1-2,9H2,(H,22,26)(H2,21,28,29)/b17-10-. The molecule has 12 heteroatoms. The number of hydrogen-bond donors (Lipinski definition) is 4. The Morgan fingerprint density at radius 2 is 1.88 bits per heavy atom. The molecular weight excluding hydrogens is 474 g/mol. The molecule has 0 atom stereocenters. The minimum Gasteiger partial charge on any atom is -0.508 e. The molecule has 0 spiro atoms. The van der Waals surface area contributed by atoms with E-state index in [9.17, 15) is 28.2 Å². The van der Waals surface area contributed by atoms with E-state index in [0.717, 1.165) is 11.8 Å². The van der Waals surface area contributed by atoms with Crippen LogP contribution in [-0.4, -0.2) is 46.2 Å². The number of amides is 2. The first-order valence-electron chi connectivity index (χ1n) is 9.24. The number of primary sulfonamides is 1. The second-order valence-electron chi connectivity index (χ2n) is 6.80. The minimum atomic E-state index is -3.80. The summed E-state index contributed by atoms with van der Waals surface area (Å²) in [6.07, 6.45) is 1.96. The predicted octanol–water partition coefficient (Wildman–Crippen LogP) is 2.37. The number of anilines is 1. The average molecular weight is 494 g/mol. The van der Waals surface area contributed by atoms with E-state index in [1.54, 1.807) is 0 Å². The third-order valence-electron chi connectivity index (χ3n) is 4.43. The summed E-state index contributed by atoms with van der Waals surface area (Å²) in [5.74, 6) is -0.885. The largest absolute Gasteiger partial charge is 0.508 e. The number of benzene rings is 2. The fourth-order valence-electron chi connectivity index (χ4n) is 2.84. The zero-order valence-electron chi connectivity index (χ0n) is 16.5. The van der Waals surface area contributed by atoms with Gasteiger partial charge in [-0.1, -0.05) is 24.0 Å². The van der Waals surface area contributed by atoms with Crippen LogP contribution in [0.2, 0.25) is 0 Å². The van der Waals surface area contributed by atoms with Crippen LogP contribution in [0.4, 0.5) is 5.69 Å². The molecular formula is C20H19N3O6S3. The molecule has 1 aliphatic heterocycles. The number of phenols is 2. The van der Waals surface area contributed by atoms with E-state index in [4.69, 9.17) is 17.4 Å². The van der Waals surface area contributed by atoms with E-state index in [-0.39, 0.29) is 41.2 Å². The first kappa shape index (κ1) is 23.7. The molecule has 168 valence electrons. The summed E-state index contributed by atoms with van der Waals surface area (Å²) < 4.78 is 22.9. The van der Waals surface area contributed by atoms with Gasteiger partial charge in [-0.05, 0) is 48.9 Å². The molecule has 0 unspecified atom stereocenters. The van der Waals surface area contributed by atoms with Gasteiger partial charge in [-0.15, -0.1) is 0 Å². The number of thioether (sulfide) groups is 1. The van der Waals surface area contributed by atoms with Gasteiger partial charge in [0.1, 0.15) is 15.8 Å². The summed E-state index contributed by atoms with van der Waals surface area (Å²) in [6.45, 7) is 0.237. The Balaban J connectivity index is 1.54. The van der Waals surface area contributed by atoms with Crippen LogP contribution in [0, 0.1) is 0 Å². The SMILES string of the molecule is NS(=O)(=O)c1ccc(NC(=O)CCCN2C(=O)/C(=C/c3ccc(O)cc3O)SC2=S)cc1. The molecule has 2 amide bonds. The van der Waals surface area contributed by atoms with Crippen molar-refractivity contribution in [2.24, 2.45) is 5.14 Å². The molecule has 0 radical (unpaired) electrons. The third kappa shape index (κ3) is 5.85. The van der Waals surface area contributed by atoms with Gasteiger partial charge in [-0.3, -0.25) is 14.5 Å². The fraction of sp³-hybridized carbons (Fsp3) is 0.150. The van der Waals surface area contributed by atoms with Crippen molar-refractivity contribution >= 4 is 61.9 Å². The number of aromatic hydroxyl groups is 2. The van der Waals surface area contributed by atoms with Gasteiger partial charge in [0, 0.05) is 30.3 Å². The van der Waals surface area contributed by atoms with Crippen molar-refractivity contribution in [1.29, 1.82) is 0 Å². The first-order chi connectivity index (χ1) is 15.0. The molecule has 2 aromatic carbocycles. The molecule has 9 nitrogen and oxygen atoms in total. The molecule has 1 heterocycles. The summed E-state index contributed by atoms with van der Waals surface area (Å²) in [5.41, 5.74) is 0.792. The Morgan fingerprint density at radius 3 is 2.50 bits per heavy atom. The van der Waals surface area contributed by atoms with E-state index in [2.05, 4.69) is 5.32 Å². The zero-order chi connectivity index (χ0) is 23.5. The number of nitrogens with two attached hydrogens (primary N) is 1. The van der Waals surface area contributed by atoms with E-state index in [0.29, 0.717) is 26.9 Å². The van der Waals surface area contributed by atoms with Crippen LogP contribution in [0.15, 0.2) is 52.3 Å². The Hall–Kier alpha value is -2.93. The summed E-state index contributed by atoms with van der Waals surface area (Å²) in [7, 11) is -3.80. The van der Waals surface area contributed by atoms with Crippen molar-refractivity contribution in [1.82, 2.24) is 4.90 Å². The number of rotatable bonds is 7. The van der Waals surface area contributed by atoms with E-state index >= 15 is 0 Å². The zero-order valence-corrected chi connectivity index (χ0v) is 19.0. The van der Waals surface area contributed by atoms with Crippen LogP contribution in [0.25, 0.3) is 6.08 Å². The highest BCUT2D eigenvalue weighted by Gasteiger charge is 2.31. The van der Waals surface area contributed by atoms with Crippen LogP contribution < -0.4 is 10.5 Å². The maximum Gasteiger partial charge on any atom is 0.266 e. The van der Waals surface area contributed by atoms with Crippen LogP contribution in [0.1, 0.15) is 18.4 Å². The second-order valence-corrected chi connectivity index (χ2v) is 10.0. The summed E-state index contributed by atoms with van der Waals surface area (Å²) in [6, 6.07) is 9.51. The smallest absolute Gasteiger partial charge is 0.266 e. The minimum absolute atomic E-state index is 0.0569. The van der Waals surface area contributed by atoms with Crippen molar-refractivity contribution in [2.75, 3.05) is 11.9 Å². The molecule has 0 aliphatic carbocycles. The van der Waals surface area contributed by atoms with Gasteiger partial charge >= 0.3 is 0 Å². The number of phenolic OH excluding ortho intramolecular Hbond substituents is 2. The predicted molar refractivity (Wildman–Crippen MR) is 125 cm³/mol. The molecule has 1 fully saturated rings. The summed E-state index contributed by atoms with van der Waals surface area (Å²) in [4.78, 5) is 26.4. The van der Waals surface area contributed by atoms with Gasteiger partial charge in [0.25, 0.3) is 5.91 Å². The maximum atomic E-state index is 12.6. The van der Waals surface area contributed by atoms with Gasteiger partial charge in [0.15, 0.2) is 0 Å². The van der Waals surface area contributed by atoms with Crippen LogP contribution in [-0.2, 0) is 19.6 Å².